The first-order valence-electron chi connectivity index (χ1n) is 8.95. The van der Waals surface area contributed by atoms with E-state index in [0.29, 0.717) is 43.1 Å². The van der Waals surface area contributed by atoms with E-state index in [1.54, 1.807) is 36.1 Å². The molecule has 0 spiro atoms. The zero-order valence-corrected chi connectivity index (χ0v) is 15.9. The number of piperidine rings is 1. The highest BCUT2D eigenvalue weighted by Crippen LogP contribution is 2.21. The van der Waals surface area contributed by atoms with Gasteiger partial charge in [-0.3, -0.25) is 14.4 Å². The van der Waals surface area contributed by atoms with Crippen LogP contribution in [0.25, 0.3) is 0 Å². The second-order valence-corrected chi connectivity index (χ2v) is 6.88. The topological polar surface area (TPSA) is 75.7 Å². The molecule has 142 valence electrons. The second kappa shape index (κ2) is 9.57. The van der Waals surface area contributed by atoms with Gasteiger partial charge in [0.05, 0.1) is 5.92 Å². The van der Waals surface area contributed by atoms with E-state index in [4.69, 9.17) is 16.3 Å². The Morgan fingerprint density at radius 3 is 2.42 bits per heavy atom. The van der Waals surface area contributed by atoms with Gasteiger partial charge >= 0.3 is 5.97 Å². The molecule has 0 aliphatic carbocycles. The minimum Gasteiger partial charge on any atom is -0.452 e. The molecule has 2 rings (SSSR count). The maximum Gasteiger partial charge on any atom is 0.309 e. The molecule has 26 heavy (non-hydrogen) atoms. The molecule has 7 heteroatoms. The summed E-state index contributed by atoms with van der Waals surface area (Å²) in [6.45, 7) is 5.05. The van der Waals surface area contributed by atoms with E-state index in [2.05, 4.69) is 5.32 Å². The highest BCUT2D eigenvalue weighted by atomic mass is 35.5. The number of likely N-dealkylation sites (tertiary alicyclic amines) is 1. The molecule has 0 radical (unpaired) electrons. The third-order valence-electron chi connectivity index (χ3n) is 4.42. The third kappa shape index (κ3) is 5.46. The first-order chi connectivity index (χ1) is 12.4. The number of rotatable bonds is 6. The molecule has 1 saturated heterocycles. The van der Waals surface area contributed by atoms with Crippen molar-refractivity contribution in [3.05, 3.63) is 34.9 Å². The summed E-state index contributed by atoms with van der Waals surface area (Å²) < 4.78 is 5.27. The van der Waals surface area contributed by atoms with Gasteiger partial charge in [0, 0.05) is 30.2 Å². The second-order valence-electron chi connectivity index (χ2n) is 6.44. The van der Waals surface area contributed by atoms with Crippen molar-refractivity contribution in [2.24, 2.45) is 5.92 Å². The molecule has 0 saturated carbocycles. The summed E-state index contributed by atoms with van der Waals surface area (Å²) in [7, 11) is 0. The molecule has 1 heterocycles. The number of amides is 2. The molecule has 1 fully saturated rings. The summed E-state index contributed by atoms with van der Waals surface area (Å²) in [5.41, 5.74) is 0.580. The Labute approximate surface area is 158 Å². The fourth-order valence-corrected chi connectivity index (χ4v) is 2.94. The quantitative estimate of drug-likeness (QED) is 0.770. The SMILES string of the molecule is CCCNC(=O)[C@H](C)OC(=O)C1CCN(C(=O)c2ccc(Cl)cc2)CC1. The zero-order chi connectivity index (χ0) is 19.1. The summed E-state index contributed by atoms with van der Waals surface area (Å²) in [6, 6.07) is 6.76. The fraction of sp³-hybridized carbons (Fsp3) is 0.526. The largest absolute Gasteiger partial charge is 0.452 e. The zero-order valence-electron chi connectivity index (χ0n) is 15.2. The van der Waals surface area contributed by atoms with Gasteiger partial charge in [-0.1, -0.05) is 18.5 Å². The Kier molecular flexibility index (Phi) is 7.45. The summed E-state index contributed by atoms with van der Waals surface area (Å²) in [6.07, 6.45) is 1.08. The van der Waals surface area contributed by atoms with Crippen molar-refractivity contribution in [1.29, 1.82) is 0 Å². The van der Waals surface area contributed by atoms with Crippen LogP contribution < -0.4 is 5.32 Å². The number of hydrogen-bond donors (Lipinski definition) is 1. The molecular formula is C19H25ClN2O4. The average molecular weight is 381 g/mol. The van der Waals surface area contributed by atoms with Crippen LogP contribution in [0, 0.1) is 5.92 Å². The maximum atomic E-state index is 12.5. The number of benzene rings is 1. The molecule has 6 nitrogen and oxygen atoms in total. The Balaban J connectivity index is 1.81. The Bertz CT molecular complexity index is 639. The summed E-state index contributed by atoms with van der Waals surface area (Å²) in [5, 5.41) is 3.29. The van der Waals surface area contributed by atoms with Gasteiger partial charge in [0.15, 0.2) is 6.10 Å². The van der Waals surface area contributed by atoms with E-state index >= 15 is 0 Å². The van der Waals surface area contributed by atoms with Crippen molar-refractivity contribution in [2.45, 2.75) is 39.2 Å². The third-order valence-corrected chi connectivity index (χ3v) is 4.67. The number of nitrogens with one attached hydrogen (secondary N) is 1. The smallest absolute Gasteiger partial charge is 0.309 e. The van der Waals surface area contributed by atoms with Crippen LogP contribution in [0.5, 0.6) is 0 Å². The monoisotopic (exact) mass is 380 g/mol. The molecule has 1 aromatic carbocycles. The molecule has 1 N–H and O–H groups in total. The molecule has 2 amide bonds. The predicted octanol–water partition coefficient (Wildman–Crippen LogP) is 2.65. The average Bonchev–Trinajstić information content (AvgIpc) is 2.66. The summed E-state index contributed by atoms with van der Waals surface area (Å²) in [5.74, 6) is -1.01. The lowest BCUT2D eigenvalue weighted by molar-refractivity contribution is -0.160. The van der Waals surface area contributed by atoms with E-state index < -0.39 is 6.10 Å². The van der Waals surface area contributed by atoms with Gasteiger partial charge in [0.2, 0.25) is 0 Å². The van der Waals surface area contributed by atoms with E-state index in [9.17, 15) is 14.4 Å². The number of carbonyl (C=O) groups excluding carboxylic acids is 3. The molecule has 1 atom stereocenters. The Morgan fingerprint density at radius 2 is 1.85 bits per heavy atom. The number of esters is 1. The van der Waals surface area contributed by atoms with Crippen molar-refractivity contribution in [1.82, 2.24) is 10.2 Å². The van der Waals surface area contributed by atoms with Crippen molar-refractivity contribution in [3.63, 3.8) is 0 Å². The van der Waals surface area contributed by atoms with Crippen LogP contribution in [0.4, 0.5) is 0 Å². The molecule has 1 aliphatic rings. The maximum absolute atomic E-state index is 12.5. The number of hydrogen-bond acceptors (Lipinski definition) is 4. The first-order valence-corrected chi connectivity index (χ1v) is 9.33. The van der Waals surface area contributed by atoms with Crippen molar-refractivity contribution in [2.75, 3.05) is 19.6 Å². The number of nitrogens with zero attached hydrogens (tertiary/aromatic N) is 1. The molecule has 0 bridgehead atoms. The van der Waals surface area contributed by atoms with E-state index in [1.165, 1.54) is 0 Å². The van der Waals surface area contributed by atoms with Gasteiger partial charge in [0.25, 0.3) is 11.8 Å². The highest BCUT2D eigenvalue weighted by Gasteiger charge is 2.30. The molecule has 0 unspecified atom stereocenters. The molecular weight excluding hydrogens is 356 g/mol. The Morgan fingerprint density at radius 1 is 1.23 bits per heavy atom. The lowest BCUT2D eigenvalue weighted by Crippen LogP contribution is -2.42. The standard InChI is InChI=1S/C19H25ClN2O4/c1-3-10-21-17(23)13(2)26-19(25)15-8-11-22(12-9-15)18(24)14-4-6-16(20)7-5-14/h4-7,13,15H,3,8-12H2,1-2H3,(H,21,23)/t13-/m0/s1. The first kappa shape index (κ1) is 20.2. The molecule has 1 aromatic rings. The molecule has 1 aliphatic heterocycles. The predicted molar refractivity (Wildman–Crippen MR) is 98.9 cm³/mol. The lowest BCUT2D eigenvalue weighted by Gasteiger charge is -2.31. The van der Waals surface area contributed by atoms with Gasteiger partial charge in [-0.2, -0.15) is 0 Å². The van der Waals surface area contributed by atoms with Crippen LogP contribution >= 0.6 is 11.6 Å². The summed E-state index contributed by atoms with van der Waals surface area (Å²) in [4.78, 5) is 38.2. The van der Waals surface area contributed by atoms with Crippen LogP contribution in [0.2, 0.25) is 5.02 Å². The number of carbonyl (C=O) groups is 3. The minimum atomic E-state index is -0.803. The van der Waals surface area contributed by atoms with Crippen LogP contribution in [0.15, 0.2) is 24.3 Å². The number of halogens is 1. The van der Waals surface area contributed by atoms with Crippen molar-refractivity contribution >= 4 is 29.4 Å². The van der Waals surface area contributed by atoms with Crippen LogP contribution in [-0.2, 0) is 14.3 Å². The number of ether oxygens (including phenoxy) is 1. The van der Waals surface area contributed by atoms with E-state index in [1.807, 2.05) is 6.92 Å². The lowest BCUT2D eigenvalue weighted by atomic mass is 9.96. The van der Waals surface area contributed by atoms with Gasteiger partial charge in [0.1, 0.15) is 0 Å². The van der Waals surface area contributed by atoms with Crippen LogP contribution in [0.3, 0.4) is 0 Å². The van der Waals surface area contributed by atoms with Crippen LogP contribution in [-0.4, -0.2) is 48.4 Å². The van der Waals surface area contributed by atoms with Gasteiger partial charge in [-0.05, 0) is 50.5 Å². The Hall–Kier alpha value is -2.08. The van der Waals surface area contributed by atoms with E-state index in [0.717, 1.165) is 6.42 Å². The van der Waals surface area contributed by atoms with Crippen LogP contribution in [0.1, 0.15) is 43.5 Å². The fourth-order valence-electron chi connectivity index (χ4n) is 2.81. The minimum absolute atomic E-state index is 0.0687. The van der Waals surface area contributed by atoms with Crippen molar-refractivity contribution < 1.29 is 19.1 Å². The van der Waals surface area contributed by atoms with Gasteiger partial charge < -0.3 is 15.0 Å². The normalized spacial score (nSPS) is 16.0. The van der Waals surface area contributed by atoms with Crippen molar-refractivity contribution in [3.8, 4) is 0 Å². The van der Waals surface area contributed by atoms with E-state index in [-0.39, 0.29) is 23.7 Å². The highest BCUT2D eigenvalue weighted by molar-refractivity contribution is 6.30. The van der Waals surface area contributed by atoms with Gasteiger partial charge in [-0.25, -0.2) is 0 Å². The molecule has 0 aromatic heterocycles. The van der Waals surface area contributed by atoms with Gasteiger partial charge in [-0.15, -0.1) is 0 Å². The summed E-state index contributed by atoms with van der Waals surface area (Å²) >= 11 is 5.84.